The number of ether oxygens (including phenoxy) is 1. The predicted octanol–water partition coefficient (Wildman–Crippen LogP) is 1.04. The number of carbonyl (C=O) groups is 1. The van der Waals surface area contributed by atoms with Crippen LogP contribution in [-0.2, 0) is 9.53 Å². The highest BCUT2D eigenvalue weighted by molar-refractivity contribution is 5.76. The number of amides is 1. The number of nitrogens with two attached hydrogens (primary N) is 1. The molecule has 90 valence electrons. The van der Waals surface area contributed by atoms with E-state index in [9.17, 15) is 4.79 Å². The Labute approximate surface area is 92.6 Å². The minimum Gasteiger partial charge on any atom is -0.371 e. The van der Waals surface area contributed by atoms with E-state index in [1.807, 2.05) is 34.6 Å². The second kappa shape index (κ2) is 6.08. The van der Waals surface area contributed by atoms with E-state index in [1.165, 1.54) is 0 Å². The van der Waals surface area contributed by atoms with Crippen molar-refractivity contribution in [3.05, 3.63) is 0 Å². The summed E-state index contributed by atoms with van der Waals surface area (Å²) in [5, 5.41) is 2.83. The first-order valence-corrected chi connectivity index (χ1v) is 5.44. The lowest BCUT2D eigenvalue weighted by Crippen LogP contribution is -2.39. The largest absolute Gasteiger partial charge is 0.371 e. The van der Waals surface area contributed by atoms with E-state index < -0.39 is 0 Å². The summed E-state index contributed by atoms with van der Waals surface area (Å²) in [5.41, 5.74) is 5.18. The van der Waals surface area contributed by atoms with Gasteiger partial charge in [0.15, 0.2) is 0 Å². The van der Waals surface area contributed by atoms with Gasteiger partial charge in [0.2, 0.25) is 5.91 Å². The van der Waals surface area contributed by atoms with Gasteiger partial charge in [-0.25, -0.2) is 0 Å². The number of nitrogens with one attached hydrogen (secondary N) is 1. The Morgan fingerprint density at radius 2 is 1.93 bits per heavy atom. The maximum Gasteiger partial charge on any atom is 0.222 e. The molecule has 0 bridgehead atoms. The van der Waals surface area contributed by atoms with E-state index in [-0.39, 0.29) is 23.7 Å². The van der Waals surface area contributed by atoms with Crippen LogP contribution in [0.4, 0.5) is 0 Å². The van der Waals surface area contributed by atoms with Crippen LogP contribution < -0.4 is 11.1 Å². The van der Waals surface area contributed by atoms with Crippen molar-refractivity contribution >= 4 is 5.91 Å². The monoisotopic (exact) mass is 216 g/mol. The molecule has 1 amide bonds. The van der Waals surface area contributed by atoms with Crippen molar-refractivity contribution < 1.29 is 9.53 Å². The molecule has 3 N–H and O–H groups in total. The lowest BCUT2D eigenvalue weighted by Gasteiger charge is -2.27. The van der Waals surface area contributed by atoms with Crippen LogP contribution >= 0.6 is 0 Å². The number of hydrogen-bond acceptors (Lipinski definition) is 3. The standard InChI is InChI=1S/C11H24N2O2/c1-8(2)13-10(14)6-9(3)15-11(4,5)7-12/h8-9H,6-7,12H2,1-5H3,(H,13,14). The quantitative estimate of drug-likeness (QED) is 0.697. The Bertz CT molecular complexity index is 203. The first-order chi connectivity index (χ1) is 6.76. The van der Waals surface area contributed by atoms with Gasteiger partial charge in [0.1, 0.15) is 0 Å². The number of rotatable bonds is 6. The minimum atomic E-state index is -0.364. The Morgan fingerprint density at radius 3 is 2.33 bits per heavy atom. The van der Waals surface area contributed by atoms with Crippen molar-refractivity contribution in [1.29, 1.82) is 0 Å². The van der Waals surface area contributed by atoms with Crippen LogP contribution in [0, 0.1) is 0 Å². The summed E-state index contributed by atoms with van der Waals surface area (Å²) in [4.78, 5) is 11.4. The Hall–Kier alpha value is -0.610. The lowest BCUT2D eigenvalue weighted by atomic mass is 10.1. The normalized spacial score (nSPS) is 14.1. The molecule has 0 fully saturated rings. The summed E-state index contributed by atoms with van der Waals surface area (Å²) >= 11 is 0. The van der Waals surface area contributed by atoms with E-state index in [2.05, 4.69) is 5.32 Å². The van der Waals surface area contributed by atoms with Crippen LogP contribution in [0.3, 0.4) is 0 Å². The van der Waals surface area contributed by atoms with Gasteiger partial charge in [0, 0.05) is 12.6 Å². The third-order valence-corrected chi connectivity index (χ3v) is 1.93. The lowest BCUT2D eigenvalue weighted by molar-refractivity contribution is -0.127. The fraction of sp³-hybridized carbons (Fsp3) is 0.909. The second-order valence-corrected chi connectivity index (χ2v) is 4.82. The molecule has 0 spiro atoms. The average molecular weight is 216 g/mol. The fourth-order valence-electron chi connectivity index (χ4n) is 1.28. The Kier molecular flexibility index (Phi) is 5.83. The molecule has 4 heteroatoms. The smallest absolute Gasteiger partial charge is 0.222 e. The zero-order valence-corrected chi connectivity index (χ0v) is 10.5. The van der Waals surface area contributed by atoms with Crippen LogP contribution in [0.25, 0.3) is 0 Å². The highest BCUT2D eigenvalue weighted by Gasteiger charge is 2.21. The molecule has 1 unspecified atom stereocenters. The summed E-state index contributed by atoms with van der Waals surface area (Å²) in [6, 6.07) is 0.173. The Balaban J connectivity index is 3.93. The second-order valence-electron chi connectivity index (χ2n) is 4.82. The molecule has 0 aromatic heterocycles. The molecular formula is C11H24N2O2. The molecule has 0 aromatic carbocycles. The SMILES string of the molecule is CC(C)NC(=O)CC(C)OC(C)(C)CN. The highest BCUT2D eigenvalue weighted by atomic mass is 16.5. The van der Waals surface area contributed by atoms with Gasteiger partial charge >= 0.3 is 0 Å². The molecule has 0 heterocycles. The van der Waals surface area contributed by atoms with E-state index in [1.54, 1.807) is 0 Å². The number of hydrogen-bond donors (Lipinski definition) is 2. The Morgan fingerprint density at radius 1 is 1.40 bits per heavy atom. The zero-order valence-electron chi connectivity index (χ0n) is 10.5. The summed E-state index contributed by atoms with van der Waals surface area (Å²) in [5.74, 6) is 0.0188. The average Bonchev–Trinajstić information content (AvgIpc) is 2.00. The fourth-order valence-corrected chi connectivity index (χ4v) is 1.28. The molecule has 0 aliphatic heterocycles. The van der Waals surface area contributed by atoms with Gasteiger partial charge in [-0.1, -0.05) is 0 Å². The zero-order chi connectivity index (χ0) is 12.1. The van der Waals surface area contributed by atoms with Gasteiger partial charge in [-0.3, -0.25) is 4.79 Å². The van der Waals surface area contributed by atoms with Crippen LogP contribution in [0.15, 0.2) is 0 Å². The van der Waals surface area contributed by atoms with Crippen LogP contribution in [0.1, 0.15) is 41.0 Å². The molecule has 0 rings (SSSR count). The molecule has 0 radical (unpaired) electrons. The van der Waals surface area contributed by atoms with E-state index in [0.29, 0.717) is 13.0 Å². The molecule has 1 atom stereocenters. The van der Waals surface area contributed by atoms with Gasteiger partial charge in [-0.15, -0.1) is 0 Å². The van der Waals surface area contributed by atoms with Gasteiger partial charge in [0.25, 0.3) is 0 Å². The topological polar surface area (TPSA) is 64.3 Å². The van der Waals surface area contributed by atoms with Crippen molar-refractivity contribution in [3.8, 4) is 0 Å². The van der Waals surface area contributed by atoms with E-state index in [0.717, 1.165) is 0 Å². The van der Waals surface area contributed by atoms with Crippen molar-refractivity contribution in [2.24, 2.45) is 5.73 Å². The summed E-state index contributed by atoms with van der Waals surface area (Å²) < 4.78 is 5.65. The van der Waals surface area contributed by atoms with E-state index in [4.69, 9.17) is 10.5 Å². The van der Waals surface area contributed by atoms with Crippen LogP contribution in [0.2, 0.25) is 0 Å². The number of carbonyl (C=O) groups excluding carboxylic acids is 1. The van der Waals surface area contributed by atoms with Crippen LogP contribution in [0.5, 0.6) is 0 Å². The molecule has 0 aliphatic carbocycles. The molecule has 0 aromatic rings. The summed E-state index contributed by atoms with van der Waals surface area (Å²) in [6.07, 6.45) is 0.268. The van der Waals surface area contributed by atoms with Gasteiger partial charge < -0.3 is 15.8 Å². The maximum atomic E-state index is 11.4. The molecular weight excluding hydrogens is 192 g/mol. The summed E-state index contributed by atoms with van der Waals surface area (Å²) in [7, 11) is 0. The first-order valence-electron chi connectivity index (χ1n) is 5.44. The van der Waals surface area contributed by atoms with Gasteiger partial charge in [0.05, 0.1) is 18.1 Å². The van der Waals surface area contributed by atoms with Gasteiger partial charge in [-0.05, 0) is 34.6 Å². The maximum absolute atomic E-state index is 11.4. The molecule has 4 nitrogen and oxygen atoms in total. The van der Waals surface area contributed by atoms with Crippen LogP contribution in [-0.4, -0.2) is 30.2 Å². The van der Waals surface area contributed by atoms with Crippen molar-refractivity contribution in [2.45, 2.75) is 58.8 Å². The van der Waals surface area contributed by atoms with Crippen molar-refractivity contribution in [2.75, 3.05) is 6.54 Å². The third-order valence-electron chi connectivity index (χ3n) is 1.93. The first kappa shape index (κ1) is 14.4. The highest BCUT2D eigenvalue weighted by Crippen LogP contribution is 2.12. The minimum absolute atomic E-state index is 0.0188. The molecule has 0 saturated carbocycles. The van der Waals surface area contributed by atoms with E-state index >= 15 is 0 Å². The molecule has 15 heavy (non-hydrogen) atoms. The van der Waals surface area contributed by atoms with Gasteiger partial charge in [-0.2, -0.15) is 0 Å². The predicted molar refractivity (Wildman–Crippen MR) is 61.6 cm³/mol. The third kappa shape index (κ3) is 7.33. The van der Waals surface area contributed by atoms with Crippen molar-refractivity contribution in [3.63, 3.8) is 0 Å². The summed E-state index contributed by atoms with van der Waals surface area (Å²) in [6.45, 7) is 10.1. The van der Waals surface area contributed by atoms with Crippen molar-refractivity contribution in [1.82, 2.24) is 5.32 Å². The molecule has 0 saturated heterocycles. The molecule has 0 aliphatic rings.